The molecule has 0 spiro atoms. The van der Waals surface area contributed by atoms with Gasteiger partial charge in [-0.25, -0.2) is 9.67 Å². The van der Waals surface area contributed by atoms with Gasteiger partial charge in [0.15, 0.2) is 5.96 Å². The van der Waals surface area contributed by atoms with Crippen molar-refractivity contribution in [2.75, 3.05) is 26.3 Å². The van der Waals surface area contributed by atoms with E-state index in [1.54, 1.807) is 0 Å². The predicted molar refractivity (Wildman–Crippen MR) is 100 cm³/mol. The van der Waals surface area contributed by atoms with Crippen LogP contribution in [0.5, 0.6) is 0 Å². The van der Waals surface area contributed by atoms with Crippen molar-refractivity contribution in [3.63, 3.8) is 0 Å². The van der Waals surface area contributed by atoms with Gasteiger partial charge in [0.25, 0.3) is 0 Å². The molecule has 2 aliphatic rings. The van der Waals surface area contributed by atoms with E-state index in [9.17, 15) is 0 Å². The second-order valence-electron chi connectivity index (χ2n) is 6.58. The molecule has 3 heterocycles. The van der Waals surface area contributed by atoms with E-state index >= 15 is 0 Å². The molecule has 23 heavy (non-hydrogen) atoms. The number of aromatic nitrogens is 3. The first-order chi connectivity index (χ1) is 10.6. The lowest BCUT2D eigenvalue weighted by atomic mass is 9.89. The van der Waals surface area contributed by atoms with Crippen LogP contribution in [0.3, 0.4) is 0 Å². The summed E-state index contributed by atoms with van der Waals surface area (Å²) in [6.07, 6.45) is 2.17. The molecule has 2 aliphatic heterocycles. The van der Waals surface area contributed by atoms with Gasteiger partial charge < -0.3 is 15.4 Å². The number of guanidine groups is 1. The monoisotopic (exact) mass is 434 g/mol. The van der Waals surface area contributed by atoms with Gasteiger partial charge in [0, 0.05) is 18.5 Å². The van der Waals surface area contributed by atoms with E-state index in [1.807, 2.05) is 11.6 Å². The number of aliphatic imine (C=N–C) groups is 1. The molecule has 1 saturated heterocycles. The van der Waals surface area contributed by atoms with Crippen LogP contribution in [0.15, 0.2) is 4.99 Å². The van der Waals surface area contributed by atoms with Crippen LogP contribution in [0.2, 0.25) is 0 Å². The van der Waals surface area contributed by atoms with E-state index in [2.05, 4.69) is 34.6 Å². The maximum atomic E-state index is 5.30. The number of rotatable bonds is 4. The molecule has 0 saturated carbocycles. The third-order valence-electron chi connectivity index (χ3n) is 4.16. The van der Waals surface area contributed by atoms with E-state index in [1.165, 1.54) is 0 Å². The molecule has 1 aromatic rings. The van der Waals surface area contributed by atoms with Crippen LogP contribution in [0.25, 0.3) is 0 Å². The van der Waals surface area contributed by atoms with Crippen molar-refractivity contribution in [1.82, 2.24) is 25.4 Å². The SMILES string of the molecule is CCNC(=NCC1(C)COC1)NC1CCCn2nc(C)nc21.I. The van der Waals surface area contributed by atoms with E-state index in [0.29, 0.717) is 0 Å². The second kappa shape index (κ2) is 7.78. The van der Waals surface area contributed by atoms with Gasteiger partial charge in [0.2, 0.25) is 0 Å². The molecule has 0 amide bonds. The Labute approximate surface area is 154 Å². The van der Waals surface area contributed by atoms with Crippen molar-refractivity contribution in [3.05, 3.63) is 11.6 Å². The maximum Gasteiger partial charge on any atom is 0.191 e. The number of nitrogens with one attached hydrogen (secondary N) is 2. The highest BCUT2D eigenvalue weighted by atomic mass is 127. The molecule has 1 aromatic heterocycles. The minimum Gasteiger partial charge on any atom is -0.380 e. The average molecular weight is 434 g/mol. The molecule has 1 unspecified atom stereocenters. The van der Waals surface area contributed by atoms with Gasteiger partial charge >= 0.3 is 0 Å². The highest BCUT2D eigenvalue weighted by Crippen LogP contribution is 2.27. The van der Waals surface area contributed by atoms with Crippen LogP contribution in [0.4, 0.5) is 0 Å². The zero-order chi connectivity index (χ0) is 15.6. The van der Waals surface area contributed by atoms with Gasteiger partial charge in [-0.15, -0.1) is 24.0 Å². The van der Waals surface area contributed by atoms with Crippen molar-refractivity contribution in [1.29, 1.82) is 0 Å². The van der Waals surface area contributed by atoms with Crippen LogP contribution in [0.1, 0.15) is 44.4 Å². The number of halogens is 1. The summed E-state index contributed by atoms with van der Waals surface area (Å²) in [4.78, 5) is 9.31. The molecule has 3 rings (SSSR count). The Morgan fingerprint density at radius 2 is 2.26 bits per heavy atom. The third kappa shape index (κ3) is 4.34. The number of ether oxygens (including phenoxy) is 1. The molecule has 8 heteroatoms. The Hall–Kier alpha value is -0.900. The Morgan fingerprint density at radius 3 is 2.91 bits per heavy atom. The maximum absolute atomic E-state index is 5.30. The van der Waals surface area contributed by atoms with Gasteiger partial charge in [-0.3, -0.25) is 4.99 Å². The lowest BCUT2D eigenvalue weighted by Gasteiger charge is -2.36. The highest BCUT2D eigenvalue weighted by molar-refractivity contribution is 14.0. The lowest BCUT2D eigenvalue weighted by molar-refractivity contribution is -0.0945. The van der Waals surface area contributed by atoms with Gasteiger partial charge in [-0.1, -0.05) is 6.92 Å². The minimum atomic E-state index is 0. The van der Waals surface area contributed by atoms with Gasteiger partial charge in [0.05, 0.1) is 25.8 Å². The van der Waals surface area contributed by atoms with E-state index in [4.69, 9.17) is 9.73 Å². The fourth-order valence-electron chi connectivity index (χ4n) is 2.90. The molecule has 1 atom stereocenters. The molecule has 0 aromatic carbocycles. The molecular weight excluding hydrogens is 407 g/mol. The van der Waals surface area contributed by atoms with Crippen LogP contribution in [-0.2, 0) is 11.3 Å². The topological polar surface area (TPSA) is 76.4 Å². The average Bonchev–Trinajstić information content (AvgIpc) is 2.84. The quantitative estimate of drug-likeness (QED) is 0.428. The lowest BCUT2D eigenvalue weighted by Crippen LogP contribution is -2.45. The van der Waals surface area contributed by atoms with E-state index < -0.39 is 0 Å². The van der Waals surface area contributed by atoms with Gasteiger partial charge in [-0.05, 0) is 26.7 Å². The summed E-state index contributed by atoms with van der Waals surface area (Å²) in [5.41, 5.74) is 0.186. The molecule has 2 N–H and O–H groups in total. The summed E-state index contributed by atoms with van der Waals surface area (Å²) >= 11 is 0. The summed E-state index contributed by atoms with van der Waals surface area (Å²) in [5, 5.41) is 11.3. The Kier molecular flexibility index (Phi) is 6.24. The number of hydrogen-bond donors (Lipinski definition) is 2. The zero-order valence-corrected chi connectivity index (χ0v) is 16.5. The van der Waals surface area contributed by atoms with Gasteiger partial charge in [-0.2, -0.15) is 5.10 Å². The van der Waals surface area contributed by atoms with Crippen molar-refractivity contribution >= 4 is 29.9 Å². The zero-order valence-electron chi connectivity index (χ0n) is 14.1. The summed E-state index contributed by atoms with van der Waals surface area (Å²) in [7, 11) is 0. The normalized spacial score (nSPS) is 22.6. The van der Waals surface area contributed by atoms with Crippen molar-refractivity contribution in [2.24, 2.45) is 10.4 Å². The first-order valence-electron chi connectivity index (χ1n) is 8.13. The molecule has 0 bridgehead atoms. The summed E-state index contributed by atoms with van der Waals surface area (Å²) < 4.78 is 7.31. The number of nitrogens with zero attached hydrogens (tertiary/aromatic N) is 4. The van der Waals surface area contributed by atoms with Crippen LogP contribution < -0.4 is 10.6 Å². The van der Waals surface area contributed by atoms with Crippen molar-refractivity contribution in [2.45, 2.75) is 46.2 Å². The number of fused-ring (bicyclic) bond motifs is 1. The van der Waals surface area contributed by atoms with Crippen molar-refractivity contribution in [3.8, 4) is 0 Å². The predicted octanol–water partition coefficient (Wildman–Crippen LogP) is 1.63. The Balaban J connectivity index is 0.00000192. The molecule has 1 fully saturated rings. The second-order valence-corrected chi connectivity index (χ2v) is 6.58. The molecule has 0 radical (unpaired) electrons. The standard InChI is InChI=1S/C15H26N6O.HI/c1-4-16-14(17-8-15(3)9-22-10-15)19-12-6-5-7-21-13(12)18-11(2)20-21;/h12H,4-10H2,1-3H3,(H2,16,17,19);1H. The largest absolute Gasteiger partial charge is 0.380 e. The van der Waals surface area contributed by atoms with Crippen molar-refractivity contribution < 1.29 is 4.74 Å². The molecular formula is C15H27IN6O. The van der Waals surface area contributed by atoms with E-state index in [0.717, 1.165) is 63.3 Å². The van der Waals surface area contributed by atoms with E-state index in [-0.39, 0.29) is 35.4 Å². The first kappa shape index (κ1) is 18.4. The van der Waals surface area contributed by atoms with Gasteiger partial charge in [0.1, 0.15) is 11.6 Å². The number of hydrogen-bond acceptors (Lipinski definition) is 4. The fraction of sp³-hybridized carbons (Fsp3) is 0.800. The van der Waals surface area contributed by atoms with Crippen LogP contribution in [-0.4, -0.2) is 47.0 Å². The highest BCUT2D eigenvalue weighted by Gasteiger charge is 2.33. The molecule has 130 valence electrons. The molecule has 0 aliphatic carbocycles. The number of aryl methyl sites for hydroxylation is 2. The fourth-order valence-corrected chi connectivity index (χ4v) is 2.90. The minimum absolute atomic E-state index is 0. The smallest absolute Gasteiger partial charge is 0.191 e. The van der Waals surface area contributed by atoms with Crippen LogP contribution in [0, 0.1) is 12.3 Å². The third-order valence-corrected chi connectivity index (χ3v) is 4.16. The Morgan fingerprint density at radius 1 is 1.48 bits per heavy atom. The molecule has 7 nitrogen and oxygen atoms in total. The Bertz CT molecular complexity index is 554. The summed E-state index contributed by atoms with van der Waals surface area (Å²) in [6.45, 7) is 10.4. The summed E-state index contributed by atoms with van der Waals surface area (Å²) in [5.74, 6) is 2.71. The van der Waals surface area contributed by atoms with Crippen LogP contribution >= 0.6 is 24.0 Å². The first-order valence-corrected chi connectivity index (χ1v) is 8.13. The summed E-state index contributed by atoms with van der Waals surface area (Å²) in [6, 6.07) is 0.179.